The second kappa shape index (κ2) is 5.39. The molecule has 1 amide bonds. The van der Waals surface area contributed by atoms with Gasteiger partial charge in [-0.2, -0.15) is 0 Å². The highest BCUT2D eigenvalue weighted by Crippen LogP contribution is 2.33. The summed E-state index contributed by atoms with van der Waals surface area (Å²) in [5, 5.41) is 11.7. The van der Waals surface area contributed by atoms with Crippen molar-refractivity contribution in [2.24, 2.45) is 11.8 Å². The van der Waals surface area contributed by atoms with E-state index in [1.165, 1.54) is 6.07 Å². The molecule has 0 saturated heterocycles. The largest absolute Gasteiger partial charge is 0.481 e. The maximum absolute atomic E-state index is 12.2. The Morgan fingerprint density at radius 2 is 1.91 bits per heavy atom. The van der Waals surface area contributed by atoms with Gasteiger partial charge in [0, 0.05) is 11.6 Å². The van der Waals surface area contributed by atoms with Crippen molar-refractivity contribution in [2.45, 2.75) is 30.6 Å². The molecule has 2 N–H and O–H groups in total. The van der Waals surface area contributed by atoms with Crippen molar-refractivity contribution in [1.82, 2.24) is 0 Å². The molecule has 0 aromatic heterocycles. The van der Waals surface area contributed by atoms with Gasteiger partial charge in [-0.25, -0.2) is 8.42 Å². The molecule has 0 spiro atoms. The van der Waals surface area contributed by atoms with Gasteiger partial charge in [0.15, 0.2) is 9.84 Å². The summed E-state index contributed by atoms with van der Waals surface area (Å²) < 4.78 is 23.8. The van der Waals surface area contributed by atoms with Gasteiger partial charge >= 0.3 is 5.97 Å². The molecule has 7 heteroatoms. The van der Waals surface area contributed by atoms with Crippen LogP contribution in [-0.2, 0) is 25.8 Å². The van der Waals surface area contributed by atoms with Crippen molar-refractivity contribution < 1.29 is 23.1 Å². The molecule has 1 aliphatic carbocycles. The van der Waals surface area contributed by atoms with E-state index in [2.05, 4.69) is 5.32 Å². The third kappa shape index (κ3) is 2.72. The maximum Gasteiger partial charge on any atom is 0.306 e. The lowest BCUT2D eigenvalue weighted by Gasteiger charge is -2.11. The molecule has 1 heterocycles. The van der Waals surface area contributed by atoms with Crippen LogP contribution < -0.4 is 5.32 Å². The van der Waals surface area contributed by atoms with Crippen LogP contribution in [0, 0.1) is 11.8 Å². The van der Waals surface area contributed by atoms with Crippen LogP contribution in [0.2, 0.25) is 0 Å². The summed E-state index contributed by atoms with van der Waals surface area (Å²) in [6, 6.07) is 4.92. The van der Waals surface area contributed by atoms with Crippen LogP contribution in [0.1, 0.15) is 24.8 Å². The van der Waals surface area contributed by atoms with E-state index in [1.54, 1.807) is 12.1 Å². The Hall–Kier alpha value is -1.89. The van der Waals surface area contributed by atoms with Gasteiger partial charge < -0.3 is 10.4 Å². The average molecular weight is 323 g/mol. The molecular weight excluding hydrogens is 306 g/mol. The molecule has 0 radical (unpaired) electrons. The molecule has 0 bridgehead atoms. The fourth-order valence-corrected chi connectivity index (χ4v) is 4.76. The number of carboxylic acids is 1. The zero-order valence-corrected chi connectivity index (χ0v) is 12.7. The summed E-state index contributed by atoms with van der Waals surface area (Å²) in [5.74, 6) is -1.78. The quantitative estimate of drug-likeness (QED) is 0.877. The molecule has 1 aromatic rings. The number of nitrogens with one attached hydrogen (secondary N) is 1. The van der Waals surface area contributed by atoms with E-state index in [-0.39, 0.29) is 17.6 Å². The van der Waals surface area contributed by atoms with Crippen molar-refractivity contribution in [2.75, 3.05) is 11.1 Å². The number of anilines is 1. The van der Waals surface area contributed by atoms with E-state index in [0.29, 0.717) is 36.3 Å². The van der Waals surface area contributed by atoms with Gasteiger partial charge in [-0.1, -0.05) is 6.07 Å². The van der Waals surface area contributed by atoms with E-state index < -0.39 is 21.7 Å². The lowest BCUT2D eigenvalue weighted by Crippen LogP contribution is -2.21. The third-order valence-corrected chi connectivity index (χ3v) is 6.25. The number of carboxylic acid groups (broad SMARTS) is 1. The standard InChI is InChI=1S/C15H17NO5S/c17-14(10-1-2-11(7-10)15(18)19)16-12-4-3-9-5-6-22(20,21)13(9)8-12/h3-4,8,10-11H,1-2,5-7H2,(H,16,17)(H,18,19)/t10-,11+/m0/s1. The zero-order valence-electron chi connectivity index (χ0n) is 11.9. The number of fused-ring (bicyclic) bond motifs is 1. The van der Waals surface area contributed by atoms with E-state index in [0.717, 1.165) is 5.56 Å². The van der Waals surface area contributed by atoms with Gasteiger partial charge in [0.25, 0.3) is 0 Å². The Labute approximate surface area is 128 Å². The number of benzene rings is 1. The molecule has 1 fully saturated rings. The number of carbonyl (C=O) groups excluding carboxylic acids is 1. The van der Waals surface area contributed by atoms with E-state index in [9.17, 15) is 18.0 Å². The molecule has 0 unspecified atom stereocenters. The van der Waals surface area contributed by atoms with Gasteiger partial charge in [0.05, 0.1) is 16.6 Å². The maximum atomic E-state index is 12.2. The number of rotatable bonds is 3. The molecule has 6 nitrogen and oxygen atoms in total. The SMILES string of the molecule is O=C(O)[C@@H]1CC[C@H](C(=O)Nc2ccc3c(c2)S(=O)(=O)CC3)C1. The predicted molar refractivity (Wildman–Crippen MR) is 79.3 cm³/mol. The summed E-state index contributed by atoms with van der Waals surface area (Å²) >= 11 is 0. The van der Waals surface area contributed by atoms with Gasteiger partial charge in [0.1, 0.15) is 0 Å². The number of aliphatic carboxylic acids is 1. The van der Waals surface area contributed by atoms with Crippen LogP contribution in [-0.4, -0.2) is 31.2 Å². The predicted octanol–water partition coefficient (Wildman–Crippen LogP) is 1.46. The van der Waals surface area contributed by atoms with Crippen LogP contribution in [0.25, 0.3) is 0 Å². The van der Waals surface area contributed by atoms with Crippen LogP contribution in [0.4, 0.5) is 5.69 Å². The van der Waals surface area contributed by atoms with Crippen molar-refractivity contribution in [3.63, 3.8) is 0 Å². The highest BCUT2D eigenvalue weighted by atomic mass is 32.2. The van der Waals surface area contributed by atoms with E-state index >= 15 is 0 Å². The topological polar surface area (TPSA) is 101 Å². The summed E-state index contributed by atoms with van der Waals surface area (Å²) in [6.07, 6.45) is 1.90. The lowest BCUT2D eigenvalue weighted by molar-refractivity contribution is -0.141. The van der Waals surface area contributed by atoms with Crippen molar-refractivity contribution in [1.29, 1.82) is 0 Å². The van der Waals surface area contributed by atoms with Crippen molar-refractivity contribution >= 4 is 27.4 Å². The first-order chi connectivity index (χ1) is 10.4. The Kier molecular flexibility index (Phi) is 3.68. The Balaban J connectivity index is 1.72. The fraction of sp³-hybridized carbons (Fsp3) is 0.467. The molecule has 1 saturated carbocycles. The third-order valence-electron chi connectivity index (χ3n) is 4.46. The summed E-state index contributed by atoms with van der Waals surface area (Å²) in [4.78, 5) is 23.4. The molecule has 2 aliphatic rings. The molecular formula is C15H17NO5S. The first-order valence-electron chi connectivity index (χ1n) is 7.26. The second-order valence-electron chi connectivity index (χ2n) is 5.93. The minimum absolute atomic E-state index is 0.114. The normalized spacial score (nSPS) is 25.6. The molecule has 1 aromatic carbocycles. The summed E-state index contributed by atoms with van der Waals surface area (Å²) in [6.45, 7) is 0. The van der Waals surface area contributed by atoms with Gasteiger partial charge in [0.2, 0.25) is 5.91 Å². The summed E-state index contributed by atoms with van der Waals surface area (Å²) in [5.41, 5.74) is 1.23. The lowest BCUT2D eigenvalue weighted by atomic mass is 10.0. The average Bonchev–Trinajstić information content (AvgIpc) is 3.05. The van der Waals surface area contributed by atoms with E-state index in [4.69, 9.17) is 5.11 Å². The van der Waals surface area contributed by atoms with Gasteiger partial charge in [-0.15, -0.1) is 0 Å². The number of aryl methyl sites for hydroxylation is 1. The molecule has 22 heavy (non-hydrogen) atoms. The zero-order chi connectivity index (χ0) is 15.9. The second-order valence-corrected chi connectivity index (χ2v) is 8.00. The minimum Gasteiger partial charge on any atom is -0.481 e. The van der Waals surface area contributed by atoms with Crippen LogP contribution in [0.5, 0.6) is 0 Å². The number of sulfone groups is 1. The first-order valence-corrected chi connectivity index (χ1v) is 8.91. The fourth-order valence-electron chi connectivity index (χ4n) is 3.17. The highest BCUT2D eigenvalue weighted by Gasteiger charge is 2.34. The Morgan fingerprint density at radius 3 is 2.59 bits per heavy atom. The van der Waals surface area contributed by atoms with Gasteiger partial charge in [-0.3, -0.25) is 9.59 Å². The molecule has 2 atom stereocenters. The Bertz CT molecular complexity index is 740. The van der Waals surface area contributed by atoms with Gasteiger partial charge in [-0.05, 0) is 43.4 Å². The number of amides is 1. The monoisotopic (exact) mass is 323 g/mol. The van der Waals surface area contributed by atoms with Crippen LogP contribution in [0.3, 0.4) is 0 Å². The van der Waals surface area contributed by atoms with Crippen molar-refractivity contribution in [3.05, 3.63) is 23.8 Å². The molecule has 118 valence electrons. The minimum atomic E-state index is -3.23. The first kappa shape index (κ1) is 15.0. The smallest absolute Gasteiger partial charge is 0.306 e. The molecule has 1 aliphatic heterocycles. The van der Waals surface area contributed by atoms with E-state index in [1.807, 2.05) is 0 Å². The highest BCUT2D eigenvalue weighted by molar-refractivity contribution is 7.91. The molecule has 3 rings (SSSR count). The number of carbonyl (C=O) groups is 2. The summed E-state index contributed by atoms with van der Waals surface area (Å²) in [7, 11) is -3.23. The van der Waals surface area contributed by atoms with Crippen LogP contribution >= 0.6 is 0 Å². The number of hydrogen-bond acceptors (Lipinski definition) is 4. The van der Waals surface area contributed by atoms with Crippen molar-refractivity contribution in [3.8, 4) is 0 Å². The van der Waals surface area contributed by atoms with Crippen LogP contribution in [0.15, 0.2) is 23.1 Å². The number of hydrogen-bond donors (Lipinski definition) is 2. The Morgan fingerprint density at radius 1 is 1.18 bits per heavy atom.